The first kappa shape index (κ1) is 20.1. The summed E-state index contributed by atoms with van der Waals surface area (Å²) >= 11 is 1.31. The summed E-state index contributed by atoms with van der Waals surface area (Å²) in [5, 5.41) is 2.37. The third-order valence-electron chi connectivity index (χ3n) is 3.09. The van der Waals surface area contributed by atoms with Crippen LogP contribution < -0.4 is 5.32 Å². The van der Waals surface area contributed by atoms with Gasteiger partial charge in [0.1, 0.15) is 6.73 Å². The van der Waals surface area contributed by atoms with Crippen LogP contribution in [0.1, 0.15) is 41.0 Å². The third kappa shape index (κ3) is 7.04. The lowest BCUT2D eigenvalue weighted by molar-refractivity contribution is -0.148. The Kier molecular flexibility index (Phi) is 10.2. The van der Waals surface area contributed by atoms with Gasteiger partial charge in [0.25, 0.3) is 5.91 Å². The van der Waals surface area contributed by atoms with Crippen molar-refractivity contribution in [1.29, 1.82) is 0 Å². The maximum atomic E-state index is 12.7. The molecule has 0 fully saturated rings. The number of carbonyl (C=O) groups excluding carboxylic acids is 2. The molecule has 0 radical (unpaired) electrons. The van der Waals surface area contributed by atoms with Crippen LogP contribution in [-0.4, -0.2) is 48.6 Å². The van der Waals surface area contributed by atoms with E-state index in [-0.39, 0.29) is 24.6 Å². The van der Waals surface area contributed by atoms with Gasteiger partial charge in [-0.1, -0.05) is 27.7 Å². The molecule has 2 atom stereocenters. The highest BCUT2D eigenvalue weighted by atomic mass is 32.2. The van der Waals surface area contributed by atoms with E-state index in [2.05, 4.69) is 5.32 Å². The number of carbonyl (C=O) groups is 2. The van der Waals surface area contributed by atoms with E-state index in [9.17, 15) is 9.59 Å². The Bertz CT molecular complexity index is 326. The molecule has 0 heterocycles. The zero-order valence-corrected chi connectivity index (χ0v) is 14.7. The first-order valence-corrected chi connectivity index (χ1v) is 8.23. The molecule has 124 valence electrons. The van der Waals surface area contributed by atoms with E-state index in [1.807, 2.05) is 34.6 Å². The van der Waals surface area contributed by atoms with Gasteiger partial charge in [0.15, 0.2) is 6.10 Å². The minimum atomic E-state index is -0.811. The average molecular weight is 320 g/mol. The van der Waals surface area contributed by atoms with Crippen molar-refractivity contribution in [2.45, 2.75) is 53.2 Å². The van der Waals surface area contributed by atoms with Gasteiger partial charge in [-0.3, -0.25) is 8.98 Å². The topological polar surface area (TPSA) is 67.9 Å². The molecule has 0 aromatic heterocycles. The van der Waals surface area contributed by atoms with E-state index in [0.717, 1.165) is 12.2 Å². The summed E-state index contributed by atoms with van der Waals surface area (Å²) < 4.78 is 10.6. The van der Waals surface area contributed by atoms with Crippen LogP contribution in [0.25, 0.3) is 0 Å². The Morgan fingerprint density at radius 1 is 1.24 bits per heavy atom. The number of ether oxygens (including phenoxy) is 1. The van der Waals surface area contributed by atoms with E-state index >= 15 is 0 Å². The lowest BCUT2D eigenvalue weighted by Crippen LogP contribution is -2.49. The standard InChI is InChI=1S/C14H28N2O4S/c1-7-11(5)16(9-19-21-8-2)13(17)12(10(3)4)20-14(18)15-6/h10-12H,7-9H2,1-6H3,(H,15,18). The number of alkyl carbamates (subject to hydrolysis) is 1. The Labute approximate surface area is 132 Å². The lowest BCUT2D eigenvalue weighted by Gasteiger charge is -2.32. The molecule has 0 rings (SSSR count). The molecule has 2 amide bonds. The van der Waals surface area contributed by atoms with Gasteiger partial charge in [0.2, 0.25) is 0 Å². The van der Waals surface area contributed by atoms with Gasteiger partial charge in [-0.25, -0.2) is 4.79 Å². The molecule has 21 heavy (non-hydrogen) atoms. The van der Waals surface area contributed by atoms with Crippen LogP contribution in [-0.2, 0) is 13.7 Å². The normalized spacial score (nSPS) is 13.7. The minimum Gasteiger partial charge on any atom is -0.436 e. The summed E-state index contributed by atoms with van der Waals surface area (Å²) in [5.41, 5.74) is 0. The van der Waals surface area contributed by atoms with Crippen LogP contribution in [0.15, 0.2) is 0 Å². The van der Waals surface area contributed by atoms with Crippen molar-refractivity contribution in [3.8, 4) is 0 Å². The zero-order valence-electron chi connectivity index (χ0n) is 13.8. The highest BCUT2D eigenvalue weighted by molar-refractivity contribution is 7.94. The van der Waals surface area contributed by atoms with Gasteiger partial charge in [-0.2, -0.15) is 0 Å². The van der Waals surface area contributed by atoms with Crippen LogP contribution in [0.5, 0.6) is 0 Å². The SMILES string of the molecule is CCSOCN(C(=O)C(OC(=O)NC)C(C)C)C(C)CC. The van der Waals surface area contributed by atoms with Gasteiger partial charge in [-0.05, 0) is 31.3 Å². The molecule has 0 aromatic rings. The fourth-order valence-corrected chi connectivity index (χ4v) is 1.97. The molecular formula is C14H28N2O4S. The molecular weight excluding hydrogens is 292 g/mol. The zero-order chi connectivity index (χ0) is 16.4. The number of rotatable bonds is 9. The smallest absolute Gasteiger partial charge is 0.407 e. The highest BCUT2D eigenvalue weighted by Crippen LogP contribution is 2.16. The van der Waals surface area contributed by atoms with Gasteiger partial charge < -0.3 is 15.0 Å². The number of amides is 2. The minimum absolute atomic E-state index is 0.0180. The highest BCUT2D eigenvalue weighted by Gasteiger charge is 2.32. The van der Waals surface area contributed by atoms with Crippen molar-refractivity contribution in [2.75, 3.05) is 19.5 Å². The summed E-state index contributed by atoms with van der Waals surface area (Å²) in [6, 6.07) is 0.0180. The van der Waals surface area contributed by atoms with E-state index in [1.165, 1.54) is 19.1 Å². The van der Waals surface area contributed by atoms with Crippen molar-refractivity contribution >= 4 is 24.0 Å². The van der Waals surface area contributed by atoms with Crippen LogP contribution in [0, 0.1) is 5.92 Å². The molecule has 0 aliphatic rings. The van der Waals surface area contributed by atoms with E-state index in [4.69, 9.17) is 8.92 Å². The fourth-order valence-electron chi connectivity index (χ4n) is 1.62. The second-order valence-electron chi connectivity index (χ2n) is 5.04. The third-order valence-corrected chi connectivity index (χ3v) is 3.59. The largest absolute Gasteiger partial charge is 0.436 e. The van der Waals surface area contributed by atoms with Crippen molar-refractivity contribution in [2.24, 2.45) is 5.92 Å². The Hall–Kier alpha value is -0.950. The molecule has 0 spiro atoms. The van der Waals surface area contributed by atoms with Gasteiger partial charge in [-0.15, -0.1) is 0 Å². The maximum absolute atomic E-state index is 12.7. The summed E-state index contributed by atoms with van der Waals surface area (Å²) in [6.45, 7) is 9.82. The van der Waals surface area contributed by atoms with Crippen LogP contribution in [0.3, 0.4) is 0 Å². The molecule has 1 N–H and O–H groups in total. The molecule has 0 saturated carbocycles. The summed E-state index contributed by atoms with van der Waals surface area (Å²) in [4.78, 5) is 25.7. The van der Waals surface area contributed by atoms with Gasteiger partial charge in [0.05, 0.1) is 0 Å². The maximum Gasteiger partial charge on any atom is 0.407 e. The van der Waals surface area contributed by atoms with Crippen LogP contribution in [0.2, 0.25) is 0 Å². The van der Waals surface area contributed by atoms with Crippen molar-refractivity contribution in [3.63, 3.8) is 0 Å². The van der Waals surface area contributed by atoms with Crippen LogP contribution in [0.4, 0.5) is 4.79 Å². The molecule has 0 aliphatic heterocycles. The number of nitrogens with zero attached hydrogens (tertiary/aromatic N) is 1. The predicted molar refractivity (Wildman–Crippen MR) is 84.8 cm³/mol. The van der Waals surface area contributed by atoms with Crippen molar-refractivity contribution < 1.29 is 18.5 Å². The summed E-state index contributed by atoms with van der Waals surface area (Å²) in [6.07, 6.45) is -0.611. The van der Waals surface area contributed by atoms with Crippen molar-refractivity contribution in [3.05, 3.63) is 0 Å². The number of hydrogen-bond acceptors (Lipinski definition) is 5. The molecule has 7 heteroatoms. The molecule has 0 aromatic carbocycles. The Morgan fingerprint density at radius 3 is 2.29 bits per heavy atom. The second-order valence-corrected chi connectivity index (χ2v) is 6.09. The molecule has 6 nitrogen and oxygen atoms in total. The van der Waals surface area contributed by atoms with E-state index in [1.54, 1.807) is 4.90 Å². The molecule has 0 aliphatic carbocycles. The predicted octanol–water partition coefficient (Wildman–Crippen LogP) is 2.64. The molecule has 2 unspecified atom stereocenters. The number of hydrogen-bond donors (Lipinski definition) is 1. The van der Waals surface area contributed by atoms with E-state index in [0.29, 0.717) is 0 Å². The average Bonchev–Trinajstić information content (AvgIpc) is 2.47. The monoisotopic (exact) mass is 320 g/mol. The van der Waals surface area contributed by atoms with E-state index < -0.39 is 12.2 Å². The molecule has 0 saturated heterocycles. The van der Waals surface area contributed by atoms with Crippen molar-refractivity contribution in [1.82, 2.24) is 10.2 Å². The second kappa shape index (κ2) is 10.7. The van der Waals surface area contributed by atoms with Crippen LogP contribution >= 0.6 is 12.0 Å². The Balaban J connectivity index is 4.96. The van der Waals surface area contributed by atoms with Gasteiger partial charge >= 0.3 is 6.09 Å². The first-order valence-electron chi connectivity index (χ1n) is 7.32. The summed E-state index contributed by atoms with van der Waals surface area (Å²) in [7, 11) is 1.47. The van der Waals surface area contributed by atoms with Gasteiger partial charge in [0, 0.05) is 18.8 Å². The molecule has 0 bridgehead atoms. The summed E-state index contributed by atoms with van der Waals surface area (Å²) in [5.74, 6) is 0.477. The number of nitrogens with one attached hydrogen (secondary N) is 1. The Morgan fingerprint density at radius 2 is 1.86 bits per heavy atom. The lowest BCUT2D eigenvalue weighted by atomic mass is 10.0. The fraction of sp³-hybridized carbons (Fsp3) is 0.857. The quantitative estimate of drug-likeness (QED) is 0.402. The first-order chi connectivity index (χ1) is 9.88.